The molecule has 56 heavy (non-hydrogen) atoms. The average Bonchev–Trinajstić information content (AvgIpc) is 3.38. The largest absolute Gasteiger partial charge is 0.480 e. The molecule has 2 rings (SSSR count). The van der Waals surface area contributed by atoms with E-state index < -0.39 is 65.1 Å². The fourth-order valence-electron chi connectivity index (χ4n) is 5.59. The minimum Gasteiger partial charge on any atom is -0.480 e. The lowest BCUT2D eigenvalue weighted by molar-refractivity contribution is -0.141. The first-order chi connectivity index (χ1) is 26.6. The van der Waals surface area contributed by atoms with Crippen molar-refractivity contribution in [2.75, 3.05) is 104 Å². The van der Waals surface area contributed by atoms with Gasteiger partial charge < -0.3 is 45.9 Å². The van der Waals surface area contributed by atoms with E-state index in [-0.39, 0.29) is 130 Å². The summed E-state index contributed by atoms with van der Waals surface area (Å²) < 4.78 is 9.27. The minimum atomic E-state index is -1.44. The summed E-state index contributed by atoms with van der Waals surface area (Å²) in [6, 6.07) is -2.47. The van der Waals surface area contributed by atoms with E-state index in [9.17, 15) is 68.4 Å². The lowest BCUT2D eigenvalue weighted by Crippen LogP contribution is -2.50. The summed E-state index contributed by atoms with van der Waals surface area (Å²) >= 11 is 0.897. The second-order valence-electron chi connectivity index (χ2n) is 12.5. The van der Waals surface area contributed by atoms with Gasteiger partial charge in [0.15, 0.2) is 6.23 Å². The number of carboxylic acid groups (broad SMARTS) is 4. The first kappa shape index (κ1) is 47.0. The van der Waals surface area contributed by atoms with Crippen LogP contribution < -0.4 is 16.0 Å². The van der Waals surface area contributed by atoms with Crippen LogP contribution in [-0.4, -0.2) is 227 Å². The number of likely N-dealkylation sites (tertiary alicyclic amines) is 1. The van der Waals surface area contributed by atoms with Crippen LogP contribution in [0.15, 0.2) is 0 Å². The highest BCUT2D eigenvalue weighted by Crippen LogP contribution is 2.25. The van der Waals surface area contributed by atoms with Gasteiger partial charge in [0.05, 0.1) is 43.8 Å². The third-order valence-electron chi connectivity index (χ3n) is 8.39. The van der Waals surface area contributed by atoms with E-state index in [0.717, 1.165) is 16.7 Å². The van der Waals surface area contributed by atoms with Gasteiger partial charge in [-0.05, 0) is 0 Å². The van der Waals surface area contributed by atoms with E-state index in [0.29, 0.717) is 0 Å². The SMILES string of the molecule is O=COCC[C@H](NC(=O)N[C@@H](CSC1CC(=O)N(CCNC(=O)CN2CCN(CC(=O)O)CCN(CC(=O)O)CCN(CC(=O)O)CC2)C1=O)OC=O)C(=O)O. The molecule has 25 heteroatoms. The zero-order valence-corrected chi connectivity index (χ0v) is 31.3. The maximum absolute atomic E-state index is 13.0. The topological polar surface area (TPSA) is 322 Å². The molecule has 7 N–H and O–H groups in total. The molecule has 0 aromatic carbocycles. The van der Waals surface area contributed by atoms with Crippen LogP contribution in [0.3, 0.4) is 0 Å². The van der Waals surface area contributed by atoms with Crippen molar-refractivity contribution in [2.45, 2.75) is 30.4 Å². The predicted octanol–water partition coefficient (Wildman–Crippen LogP) is -4.75. The van der Waals surface area contributed by atoms with Gasteiger partial charge in [-0.25, -0.2) is 9.59 Å². The molecule has 2 aliphatic heterocycles. The van der Waals surface area contributed by atoms with Crippen LogP contribution in [0.5, 0.6) is 0 Å². The Bertz CT molecular complexity index is 1380. The number of amides is 5. The number of thioether (sulfide) groups is 1. The number of carboxylic acids is 4. The van der Waals surface area contributed by atoms with Crippen molar-refractivity contribution in [2.24, 2.45) is 0 Å². The highest BCUT2D eigenvalue weighted by molar-refractivity contribution is 8.00. The molecule has 1 unspecified atom stereocenters. The first-order valence-corrected chi connectivity index (χ1v) is 18.4. The molecule has 2 fully saturated rings. The Hall–Kier alpha value is -5.11. The van der Waals surface area contributed by atoms with Crippen molar-refractivity contribution in [1.29, 1.82) is 0 Å². The Morgan fingerprint density at radius 2 is 1.25 bits per heavy atom. The smallest absolute Gasteiger partial charge is 0.326 e. The van der Waals surface area contributed by atoms with Gasteiger partial charge in [-0.2, -0.15) is 0 Å². The number of ether oxygens (including phenoxy) is 2. The number of rotatable bonds is 23. The monoisotopic (exact) mass is 820 g/mol. The van der Waals surface area contributed by atoms with Crippen molar-refractivity contribution in [3.63, 3.8) is 0 Å². The van der Waals surface area contributed by atoms with Crippen LogP contribution in [0.4, 0.5) is 4.79 Å². The molecule has 0 aromatic rings. The third kappa shape index (κ3) is 18.5. The van der Waals surface area contributed by atoms with Gasteiger partial charge in [-0.3, -0.25) is 62.9 Å². The van der Waals surface area contributed by atoms with Crippen LogP contribution in [0, 0.1) is 0 Å². The number of nitrogens with zero attached hydrogens (tertiary/aromatic N) is 5. The Labute approximate surface area is 324 Å². The highest BCUT2D eigenvalue weighted by Gasteiger charge is 2.39. The summed E-state index contributed by atoms with van der Waals surface area (Å²) in [7, 11) is 0. The van der Waals surface area contributed by atoms with Crippen LogP contribution in [0.1, 0.15) is 12.8 Å². The highest BCUT2D eigenvalue weighted by atomic mass is 32.2. The number of carbonyl (C=O) groups is 10. The van der Waals surface area contributed by atoms with Gasteiger partial charge in [0.25, 0.3) is 12.9 Å². The Morgan fingerprint density at radius 1 is 0.750 bits per heavy atom. The van der Waals surface area contributed by atoms with E-state index in [1.54, 1.807) is 19.6 Å². The number of aliphatic carboxylic acids is 4. The molecule has 2 aliphatic rings. The van der Waals surface area contributed by atoms with Crippen LogP contribution in [0.2, 0.25) is 0 Å². The van der Waals surface area contributed by atoms with Crippen molar-refractivity contribution >= 4 is 72.3 Å². The van der Waals surface area contributed by atoms with Gasteiger partial charge in [-0.1, -0.05) is 0 Å². The molecule has 0 aromatic heterocycles. The summed E-state index contributed by atoms with van der Waals surface area (Å²) in [5.74, 6) is -6.49. The molecule has 314 valence electrons. The number of imide groups is 1. The van der Waals surface area contributed by atoms with Crippen molar-refractivity contribution in [1.82, 2.24) is 40.4 Å². The molecule has 24 nitrogen and oxygen atoms in total. The molecule has 3 atom stereocenters. The van der Waals surface area contributed by atoms with Gasteiger partial charge in [0.1, 0.15) is 6.04 Å². The van der Waals surface area contributed by atoms with Gasteiger partial charge in [0.2, 0.25) is 17.7 Å². The van der Waals surface area contributed by atoms with Crippen LogP contribution in [-0.2, 0) is 52.6 Å². The molecule has 0 aliphatic carbocycles. The lowest BCUT2D eigenvalue weighted by atomic mass is 10.2. The molecular formula is C31H48N8O16S. The fourth-order valence-corrected chi connectivity index (χ4v) is 6.69. The van der Waals surface area contributed by atoms with E-state index >= 15 is 0 Å². The molecule has 0 bridgehead atoms. The lowest BCUT2D eigenvalue weighted by Gasteiger charge is -2.32. The first-order valence-electron chi connectivity index (χ1n) is 17.3. The number of hydrogen-bond acceptors (Lipinski definition) is 17. The quantitative estimate of drug-likeness (QED) is 0.0220. The normalized spacial score (nSPS) is 19.1. The third-order valence-corrected chi connectivity index (χ3v) is 9.66. The molecular weight excluding hydrogens is 772 g/mol. The molecule has 0 radical (unpaired) electrons. The summed E-state index contributed by atoms with van der Waals surface area (Å²) in [4.78, 5) is 126. The van der Waals surface area contributed by atoms with Crippen LogP contribution >= 0.6 is 11.8 Å². The molecule has 2 saturated heterocycles. The summed E-state index contributed by atoms with van der Waals surface area (Å²) in [5.41, 5.74) is 0. The van der Waals surface area contributed by atoms with E-state index in [4.69, 9.17) is 4.74 Å². The molecule has 0 spiro atoms. The summed E-state index contributed by atoms with van der Waals surface area (Å²) in [6.45, 7) is 0.113. The number of carbonyl (C=O) groups excluding carboxylic acids is 6. The summed E-state index contributed by atoms with van der Waals surface area (Å²) in [5, 5.41) is 43.5. The molecule has 0 saturated carbocycles. The standard InChI is InChI=1S/C31H48N8O16S/c40-19-54-12-1-21(30(51)52)33-31(53)34-24(55-20-41)18-56-22-13-25(43)39(29(22)50)3-2-32-23(42)14-35-4-6-36(15-26(44)45)8-10-38(17-28(48)49)11-9-37(7-5-35)16-27(46)47/h19-22,24H,1-18H2,(H,32,42)(H,44,45)(H,46,47)(H,48,49)(H,51,52)(H2,33,34,53)/t21-,22?,24+/m0/s1. The zero-order chi connectivity index (χ0) is 41.6. The summed E-state index contributed by atoms with van der Waals surface area (Å²) in [6.07, 6.45) is -1.79. The Morgan fingerprint density at radius 3 is 1.70 bits per heavy atom. The number of nitrogens with one attached hydrogen (secondary N) is 3. The van der Waals surface area contributed by atoms with Gasteiger partial charge in [0, 0.05) is 78.3 Å². The van der Waals surface area contributed by atoms with Crippen LogP contribution in [0.25, 0.3) is 0 Å². The van der Waals surface area contributed by atoms with Crippen molar-refractivity contribution < 1.29 is 77.8 Å². The number of urea groups is 1. The second-order valence-corrected chi connectivity index (χ2v) is 13.8. The number of hydrogen-bond donors (Lipinski definition) is 7. The average molecular weight is 821 g/mol. The maximum atomic E-state index is 13.0. The predicted molar refractivity (Wildman–Crippen MR) is 190 cm³/mol. The minimum absolute atomic E-state index is 0.0308. The Balaban J connectivity index is 1.94. The zero-order valence-electron chi connectivity index (χ0n) is 30.4. The second kappa shape index (κ2) is 25.1. The van der Waals surface area contributed by atoms with Gasteiger partial charge in [-0.15, -0.1) is 11.8 Å². The van der Waals surface area contributed by atoms with Crippen molar-refractivity contribution in [3.05, 3.63) is 0 Å². The van der Waals surface area contributed by atoms with E-state index in [2.05, 4.69) is 20.7 Å². The van der Waals surface area contributed by atoms with E-state index in [1.807, 2.05) is 0 Å². The van der Waals surface area contributed by atoms with Gasteiger partial charge >= 0.3 is 29.9 Å². The molecule has 5 amide bonds. The molecule has 2 heterocycles. The maximum Gasteiger partial charge on any atom is 0.326 e. The Kier molecular flexibility index (Phi) is 21.1. The fraction of sp³-hybridized carbons (Fsp3) is 0.677. The van der Waals surface area contributed by atoms with Crippen molar-refractivity contribution in [3.8, 4) is 0 Å². The van der Waals surface area contributed by atoms with E-state index in [1.165, 1.54) is 0 Å².